The molecule has 0 aliphatic carbocycles. The summed E-state index contributed by atoms with van der Waals surface area (Å²) in [4.78, 5) is 13.9. The van der Waals surface area contributed by atoms with Gasteiger partial charge in [0.1, 0.15) is 0 Å². The smallest absolute Gasteiger partial charge is 0.307 e. The van der Waals surface area contributed by atoms with Gasteiger partial charge in [0.05, 0.1) is 20.1 Å². The Morgan fingerprint density at radius 1 is 1.35 bits per heavy atom. The van der Waals surface area contributed by atoms with Gasteiger partial charge in [-0.15, -0.1) is 0 Å². The Morgan fingerprint density at radius 2 is 2.15 bits per heavy atom. The van der Waals surface area contributed by atoms with Crippen LogP contribution in [0.5, 0.6) is 11.5 Å². The number of carbonyl (C=O) groups is 1. The maximum absolute atomic E-state index is 10.9. The number of unbranched alkanes of at least 4 members (excludes halogenated alkanes) is 1. The molecule has 0 aliphatic heterocycles. The number of rotatable bonds is 7. The van der Waals surface area contributed by atoms with E-state index >= 15 is 0 Å². The van der Waals surface area contributed by atoms with Gasteiger partial charge in [0, 0.05) is 23.2 Å². The minimum absolute atomic E-state index is 0.0132. The molecule has 0 radical (unpaired) electrons. The van der Waals surface area contributed by atoms with Gasteiger partial charge in [0.25, 0.3) is 0 Å². The third-order valence-corrected chi connectivity index (χ3v) is 3.15. The SMILES string of the molecule is CCCCOc1cc2c(CC(=O)O)c[nH]c2cc1OC. The van der Waals surface area contributed by atoms with Crippen LogP contribution < -0.4 is 9.47 Å². The normalized spacial score (nSPS) is 10.7. The van der Waals surface area contributed by atoms with Crippen molar-refractivity contribution in [3.8, 4) is 11.5 Å². The Balaban J connectivity index is 2.36. The van der Waals surface area contributed by atoms with Crippen molar-refractivity contribution in [2.45, 2.75) is 26.2 Å². The van der Waals surface area contributed by atoms with Gasteiger partial charge in [-0.25, -0.2) is 0 Å². The minimum atomic E-state index is -0.852. The molecule has 0 atom stereocenters. The van der Waals surface area contributed by atoms with Crippen LogP contribution in [0.15, 0.2) is 18.3 Å². The molecule has 2 rings (SSSR count). The van der Waals surface area contributed by atoms with Crippen LogP contribution >= 0.6 is 0 Å². The predicted octanol–water partition coefficient (Wildman–Crippen LogP) is 2.98. The molecule has 0 saturated carbocycles. The first-order valence-electron chi connectivity index (χ1n) is 6.68. The van der Waals surface area contributed by atoms with E-state index in [1.165, 1.54) is 0 Å². The predicted molar refractivity (Wildman–Crippen MR) is 76.6 cm³/mol. The molecule has 0 bridgehead atoms. The number of aromatic nitrogens is 1. The number of benzene rings is 1. The van der Waals surface area contributed by atoms with E-state index in [-0.39, 0.29) is 6.42 Å². The van der Waals surface area contributed by atoms with Gasteiger partial charge in [-0.05, 0) is 18.1 Å². The quantitative estimate of drug-likeness (QED) is 0.763. The molecule has 2 aromatic rings. The van der Waals surface area contributed by atoms with Crippen molar-refractivity contribution < 1.29 is 19.4 Å². The number of aromatic amines is 1. The summed E-state index contributed by atoms with van der Waals surface area (Å²) < 4.78 is 11.0. The number of carboxylic acids is 1. The summed E-state index contributed by atoms with van der Waals surface area (Å²) in [6.07, 6.45) is 3.73. The van der Waals surface area contributed by atoms with E-state index in [0.29, 0.717) is 18.1 Å². The zero-order chi connectivity index (χ0) is 14.5. The standard InChI is InChI=1S/C15H19NO4/c1-3-4-5-20-14-7-11-10(6-15(17)18)9-16-12(11)8-13(14)19-2/h7-9,16H,3-6H2,1-2H3,(H,17,18). The fourth-order valence-electron chi connectivity index (χ4n) is 2.10. The molecule has 20 heavy (non-hydrogen) atoms. The Kier molecular flexibility index (Phi) is 4.50. The first-order valence-corrected chi connectivity index (χ1v) is 6.68. The van der Waals surface area contributed by atoms with Crippen LogP contribution in [0.25, 0.3) is 10.9 Å². The lowest BCUT2D eigenvalue weighted by atomic mass is 10.1. The second-order valence-corrected chi connectivity index (χ2v) is 4.64. The molecule has 1 aromatic carbocycles. The van der Waals surface area contributed by atoms with Crippen LogP contribution in [0.1, 0.15) is 25.3 Å². The average molecular weight is 277 g/mol. The molecule has 0 unspecified atom stereocenters. The summed E-state index contributed by atoms with van der Waals surface area (Å²) in [5.74, 6) is 0.451. The molecular formula is C15H19NO4. The summed E-state index contributed by atoms with van der Waals surface area (Å²) in [7, 11) is 1.59. The number of carboxylic acid groups (broad SMARTS) is 1. The molecule has 0 spiro atoms. The van der Waals surface area contributed by atoms with E-state index in [2.05, 4.69) is 11.9 Å². The van der Waals surface area contributed by atoms with E-state index < -0.39 is 5.97 Å². The highest BCUT2D eigenvalue weighted by Crippen LogP contribution is 2.33. The zero-order valence-corrected chi connectivity index (χ0v) is 11.7. The molecule has 0 amide bonds. The number of aliphatic carboxylic acids is 1. The lowest BCUT2D eigenvalue weighted by Gasteiger charge is -2.11. The number of H-pyrrole nitrogens is 1. The van der Waals surface area contributed by atoms with E-state index in [0.717, 1.165) is 29.3 Å². The van der Waals surface area contributed by atoms with E-state index in [9.17, 15) is 4.79 Å². The molecule has 0 aliphatic rings. The lowest BCUT2D eigenvalue weighted by Crippen LogP contribution is -2.00. The van der Waals surface area contributed by atoms with Gasteiger partial charge in [0.15, 0.2) is 11.5 Å². The highest BCUT2D eigenvalue weighted by atomic mass is 16.5. The molecule has 5 nitrogen and oxygen atoms in total. The zero-order valence-electron chi connectivity index (χ0n) is 11.7. The number of hydrogen-bond acceptors (Lipinski definition) is 3. The van der Waals surface area contributed by atoms with Crippen molar-refractivity contribution in [1.82, 2.24) is 4.98 Å². The topological polar surface area (TPSA) is 71.5 Å². The van der Waals surface area contributed by atoms with E-state index in [1.54, 1.807) is 13.3 Å². The Hall–Kier alpha value is -2.17. The minimum Gasteiger partial charge on any atom is -0.493 e. The highest BCUT2D eigenvalue weighted by Gasteiger charge is 2.13. The van der Waals surface area contributed by atoms with Crippen LogP contribution in [0.3, 0.4) is 0 Å². The molecule has 1 heterocycles. The van der Waals surface area contributed by atoms with E-state index in [4.69, 9.17) is 14.6 Å². The fraction of sp³-hybridized carbons (Fsp3) is 0.400. The lowest BCUT2D eigenvalue weighted by molar-refractivity contribution is -0.136. The van der Waals surface area contributed by atoms with Gasteiger partial charge < -0.3 is 19.6 Å². The van der Waals surface area contributed by atoms with Gasteiger partial charge in [-0.1, -0.05) is 13.3 Å². The monoisotopic (exact) mass is 277 g/mol. The summed E-state index contributed by atoms with van der Waals surface area (Å²) in [5, 5.41) is 9.78. The number of fused-ring (bicyclic) bond motifs is 1. The van der Waals surface area contributed by atoms with Gasteiger partial charge in [-0.2, -0.15) is 0 Å². The largest absolute Gasteiger partial charge is 0.493 e. The Labute approximate surface area is 117 Å². The third kappa shape index (κ3) is 3.04. The number of methoxy groups -OCH3 is 1. The van der Waals surface area contributed by atoms with E-state index in [1.807, 2.05) is 12.1 Å². The van der Waals surface area contributed by atoms with Crippen molar-refractivity contribution in [3.05, 3.63) is 23.9 Å². The summed E-state index contributed by atoms with van der Waals surface area (Å²) in [5.41, 5.74) is 1.59. The van der Waals surface area contributed by atoms with Crippen molar-refractivity contribution in [1.29, 1.82) is 0 Å². The van der Waals surface area contributed by atoms with Crippen molar-refractivity contribution in [2.24, 2.45) is 0 Å². The van der Waals surface area contributed by atoms with Crippen LogP contribution in [-0.2, 0) is 11.2 Å². The summed E-state index contributed by atoms with van der Waals surface area (Å²) >= 11 is 0. The fourth-order valence-corrected chi connectivity index (χ4v) is 2.10. The molecule has 5 heteroatoms. The van der Waals surface area contributed by atoms with Gasteiger partial charge in [-0.3, -0.25) is 4.79 Å². The van der Waals surface area contributed by atoms with Crippen molar-refractivity contribution in [3.63, 3.8) is 0 Å². The van der Waals surface area contributed by atoms with Crippen LogP contribution in [-0.4, -0.2) is 29.8 Å². The molecule has 0 saturated heterocycles. The van der Waals surface area contributed by atoms with Gasteiger partial charge >= 0.3 is 5.97 Å². The Bertz CT molecular complexity index is 603. The van der Waals surface area contributed by atoms with Crippen molar-refractivity contribution in [2.75, 3.05) is 13.7 Å². The van der Waals surface area contributed by atoms with Crippen LogP contribution in [0.2, 0.25) is 0 Å². The number of nitrogens with one attached hydrogen (secondary N) is 1. The molecule has 1 aromatic heterocycles. The summed E-state index contributed by atoms with van der Waals surface area (Å²) in [6.45, 7) is 2.72. The number of ether oxygens (including phenoxy) is 2. The molecule has 2 N–H and O–H groups in total. The molecule has 0 fully saturated rings. The first kappa shape index (κ1) is 14.2. The average Bonchev–Trinajstić information content (AvgIpc) is 2.80. The third-order valence-electron chi connectivity index (χ3n) is 3.15. The second-order valence-electron chi connectivity index (χ2n) is 4.64. The molecule has 108 valence electrons. The second kappa shape index (κ2) is 6.32. The van der Waals surface area contributed by atoms with Gasteiger partial charge in [0.2, 0.25) is 0 Å². The first-order chi connectivity index (χ1) is 9.65. The molecular weight excluding hydrogens is 258 g/mol. The maximum atomic E-state index is 10.9. The number of hydrogen-bond donors (Lipinski definition) is 2. The van der Waals surface area contributed by atoms with Crippen LogP contribution in [0, 0.1) is 0 Å². The van der Waals surface area contributed by atoms with Crippen molar-refractivity contribution >= 4 is 16.9 Å². The maximum Gasteiger partial charge on any atom is 0.307 e. The highest BCUT2D eigenvalue weighted by molar-refractivity contribution is 5.89. The summed E-state index contributed by atoms with van der Waals surface area (Å²) in [6, 6.07) is 3.68. The van der Waals surface area contributed by atoms with Crippen LogP contribution in [0.4, 0.5) is 0 Å². The Morgan fingerprint density at radius 3 is 2.80 bits per heavy atom.